The molecule has 0 saturated carbocycles. The van der Waals surface area contributed by atoms with Crippen LogP contribution in [-0.2, 0) is 4.79 Å². The molecule has 0 aromatic heterocycles. The van der Waals surface area contributed by atoms with E-state index >= 15 is 0 Å². The zero-order chi connectivity index (χ0) is 13.3. The molecule has 3 heteroatoms. The predicted molar refractivity (Wildman–Crippen MR) is 74.3 cm³/mol. The first-order valence-electron chi connectivity index (χ1n) is 7.40. The fourth-order valence-electron chi connectivity index (χ4n) is 3.28. The topological polar surface area (TPSA) is 32.3 Å². The number of carbonyl (C=O) groups excluding carboxylic acids is 1. The van der Waals surface area contributed by atoms with Crippen LogP contribution in [0.15, 0.2) is 0 Å². The van der Waals surface area contributed by atoms with E-state index in [1.54, 1.807) is 0 Å². The number of piperidine rings is 1. The molecule has 2 rings (SSSR count). The van der Waals surface area contributed by atoms with Crippen LogP contribution >= 0.6 is 0 Å². The Bertz CT molecular complexity index is 308. The minimum absolute atomic E-state index is 0.264. The first-order chi connectivity index (χ1) is 8.38. The van der Waals surface area contributed by atoms with Crippen LogP contribution in [0.1, 0.15) is 47.0 Å². The second-order valence-electron chi connectivity index (χ2n) is 7.21. The van der Waals surface area contributed by atoms with E-state index in [1.165, 1.54) is 6.42 Å². The lowest BCUT2D eigenvalue weighted by atomic mass is 9.80. The molecule has 18 heavy (non-hydrogen) atoms. The van der Waals surface area contributed by atoms with Gasteiger partial charge in [0.05, 0.1) is 0 Å². The van der Waals surface area contributed by atoms with E-state index in [0.717, 1.165) is 32.5 Å². The Labute approximate surface area is 111 Å². The van der Waals surface area contributed by atoms with Gasteiger partial charge in [-0.1, -0.05) is 20.8 Å². The summed E-state index contributed by atoms with van der Waals surface area (Å²) in [7, 11) is 0. The molecule has 2 heterocycles. The predicted octanol–water partition coefficient (Wildman–Crippen LogP) is 2.27. The van der Waals surface area contributed by atoms with Crippen LogP contribution in [0.25, 0.3) is 0 Å². The van der Waals surface area contributed by atoms with E-state index in [2.05, 4.69) is 37.9 Å². The third-order valence-electron chi connectivity index (χ3n) is 4.70. The molecule has 0 aliphatic carbocycles. The number of carbonyl (C=O) groups is 1. The third kappa shape index (κ3) is 3.05. The molecule has 104 valence electrons. The SMILES string of the molecule is CC1CC(C(=O)N2CCC(C(C)(C)C)C2)CCN1. The Hall–Kier alpha value is -0.570. The Morgan fingerprint density at radius 3 is 2.56 bits per heavy atom. The van der Waals surface area contributed by atoms with Crippen LogP contribution in [0.5, 0.6) is 0 Å². The molecule has 3 unspecified atom stereocenters. The number of hydrogen-bond acceptors (Lipinski definition) is 2. The van der Waals surface area contributed by atoms with E-state index in [4.69, 9.17) is 0 Å². The van der Waals surface area contributed by atoms with Crippen LogP contribution in [-0.4, -0.2) is 36.5 Å². The molecule has 2 aliphatic heterocycles. The summed E-state index contributed by atoms with van der Waals surface area (Å²) < 4.78 is 0. The van der Waals surface area contributed by atoms with Gasteiger partial charge in [-0.25, -0.2) is 0 Å². The summed E-state index contributed by atoms with van der Waals surface area (Å²) in [4.78, 5) is 14.6. The van der Waals surface area contributed by atoms with Crippen molar-refractivity contribution in [2.45, 2.75) is 53.0 Å². The number of amides is 1. The minimum atomic E-state index is 0.264. The average Bonchev–Trinajstić information content (AvgIpc) is 2.77. The van der Waals surface area contributed by atoms with E-state index < -0.39 is 0 Å². The van der Waals surface area contributed by atoms with Crippen LogP contribution in [0.3, 0.4) is 0 Å². The molecule has 0 bridgehead atoms. The van der Waals surface area contributed by atoms with Gasteiger partial charge in [0.1, 0.15) is 0 Å². The second kappa shape index (κ2) is 5.20. The highest BCUT2D eigenvalue weighted by Gasteiger charge is 2.36. The summed E-state index contributed by atoms with van der Waals surface area (Å²) in [6.07, 6.45) is 3.20. The first-order valence-corrected chi connectivity index (χ1v) is 7.40. The zero-order valence-corrected chi connectivity index (χ0v) is 12.3. The lowest BCUT2D eigenvalue weighted by Gasteiger charge is -2.31. The summed E-state index contributed by atoms with van der Waals surface area (Å²) in [5.41, 5.74) is 0.330. The fraction of sp³-hybridized carbons (Fsp3) is 0.933. The molecule has 3 nitrogen and oxygen atoms in total. The number of nitrogens with one attached hydrogen (secondary N) is 1. The molecule has 2 saturated heterocycles. The summed E-state index contributed by atoms with van der Waals surface area (Å²) in [6, 6.07) is 0.494. The monoisotopic (exact) mass is 252 g/mol. The van der Waals surface area contributed by atoms with Gasteiger partial charge < -0.3 is 10.2 Å². The minimum Gasteiger partial charge on any atom is -0.342 e. The molecule has 2 aliphatic rings. The lowest BCUT2D eigenvalue weighted by molar-refractivity contribution is -0.135. The van der Waals surface area contributed by atoms with Crippen molar-refractivity contribution in [2.75, 3.05) is 19.6 Å². The van der Waals surface area contributed by atoms with Crippen molar-refractivity contribution in [1.29, 1.82) is 0 Å². The van der Waals surface area contributed by atoms with Gasteiger partial charge in [0.15, 0.2) is 0 Å². The summed E-state index contributed by atoms with van der Waals surface area (Å²) >= 11 is 0. The largest absolute Gasteiger partial charge is 0.342 e. The Morgan fingerprint density at radius 1 is 1.28 bits per heavy atom. The number of rotatable bonds is 1. The van der Waals surface area contributed by atoms with E-state index in [0.29, 0.717) is 23.3 Å². The van der Waals surface area contributed by atoms with Crippen LogP contribution in [0.4, 0.5) is 0 Å². The molecular formula is C15H28N2O. The fourth-order valence-corrected chi connectivity index (χ4v) is 3.28. The number of likely N-dealkylation sites (tertiary alicyclic amines) is 1. The maximum absolute atomic E-state index is 12.5. The maximum atomic E-state index is 12.5. The molecule has 2 fully saturated rings. The van der Waals surface area contributed by atoms with Crippen LogP contribution in [0, 0.1) is 17.3 Å². The van der Waals surface area contributed by atoms with Crippen molar-refractivity contribution in [1.82, 2.24) is 10.2 Å². The van der Waals surface area contributed by atoms with Crippen molar-refractivity contribution in [3.8, 4) is 0 Å². The van der Waals surface area contributed by atoms with Gasteiger partial charge >= 0.3 is 0 Å². The van der Waals surface area contributed by atoms with Crippen LogP contribution < -0.4 is 5.32 Å². The molecule has 0 aromatic rings. The average molecular weight is 252 g/mol. The summed E-state index contributed by atoms with van der Waals surface area (Å²) in [6.45, 7) is 12.0. The normalized spacial score (nSPS) is 33.8. The first kappa shape index (κ1) is 13.9. The van der Waals surface area contributed by atoms with Crippen molar-refractivity contribution in [3.05, 3.63) is 0 Å². The summed E-state index contributed by atoms with van der Waals surface area (Å²) in [5, 5.41) is 3.42. The van der Waals surface area contributed by atoms with Gasteiger partial charge in [-0.2, -0.15) is 0 Å². The number of hydrogen-bond donors (Lipinski definition) is 1. The van der Waals surface area contributed by atoms with Crippen molar-refractivity contribution in [2.24, 2.45) is 17.3 Å². The molecule has 1 N–H and O–H groups in total. The molecular weight excluding hydrogens is 224 g/mol. The highest BCUT2D eigenvalue weighted by atomic mass is 16.2. The Balaban J connectivity index is 1.91. The quantitative estimate of drug-likeness (QED) is 0.776. The van der Waals surface area contributed by atoms with E-state index in [1.807, 2.05) is 0 Å². The maximum Gasteiger partial charge on any atom is 0.225 e. The van der Waals surface area contributed by atoms with Crippen molar-refractivity contribution >= 4 is 5.91 Å². The standard InChI is InChI=1S/C15H28N2O/c1-11-9-12(5-7-16-11)14(18)17-8-6-13(10-17)15(2,3)4/h11-13,16H,5-10H2,1-4H3. The molecule has 0 radical (unpaired) electrons. The van der Waals surface area contributed by atoms with Gasteiger partial charge in [-0.3, -0.25) is 4.79 Å². The molecule has 0 aromatic carbocycles. The smallest absolute Gasteiger partial charge is 0.225 e. The van der Waals surface area contributed by atoms with Gasteiger partial charge in [-0.15, -0.1) is 0 Å². The second-order valence-corrected chi connectivity index (χ2v) is 7.21. The Morgan fingerprint density at radius 2 is 2.00 bits per heavy atom. The zero-order valence-electron chi connectivity index (χ0n) is 12.3. The Kier molecular flexibility index (Phi) is 4.00. The van der Waals surface area contributed by atoms with Gasteiger partial charge in [0.2, 0.25) is 5.91 Å². The van der Waals surface area contributed by atoms with Crippen molar-refractivity contribution < 1.29 is 4.79 Å². The summed E-state index contributed by atoms with van der Waals surface area (Å²) in [5.74, 6) is 1.34. The van der Waals surface area contributed by atoms with E-state index in [9.17, 15) is 4.79 Å². The van der Waals surface area contributed by atoms with Crippen LogP contribution in [0.2, 0.25) is 0 Å². The lowest BCUT2D eigenvalue weighted by Crippen LogP contribution is -2.43. The van der Waals surface area contributed by atoms with E-state index in [-0.39, 0.29) is 5.92 Å². The third-order valence-corrected chi connectivity index (χ3v) is 4.70. The highest BCUT2D eigenvalue weighted by Crippen LogP contribution is 2.34. The molecule has 3 atom stereocenters. The van der Waals surface area contributed by atoms with Gasteiger partial charge in [0.25, 0.3) is 0 Å². The molecule has 1 amide bonds. The highest BCUT2D eigenvalue weighted by molar-refractivity contribution is 5.79. The van der Waals surface area contributed by atoms with Gasteiger partial charge in [-0.05, 0) is 44.1 Å². The number of nitrogens with zero attached hydrogens (tertiary/aromatic N) is 1. The van der Waals surface area contributed by atoms with Crippen molar-refractivity contribution in [3.63, 3.8) is 0 Å². The van der Waals surface area contributed by atoms with Gasteiger partial charge in [0, 0.05) is 25.0 Å². The molecule has 0 spiro atoms.